The molecule has 0 saturated heterocycles. The van der Waals surface area contributed by atoms with Crippen LogP contribution in [-0.4, -0.2) is 21.6 Å². The Labute approximate surface area is 142 Å². The number of nitrogens with zero attached hydrogens (tertiary/aromatic N) is 2. The van der Waals surface area contributed by atoms with Crippen LogP contribution in [0, 0.1) is 0 Å². The molecule has 120 valence electrons. The van der Waals surface area contributed by atoms with Gasteiger partial charge in [-0.3, -0.25) is 9.59 Å². The molecule has 0 aliphatic rings. The molecular weight excluding hydrogens is 328 g/mol. The number of anilines is 1. The van der Waals surface area contributed by atoms with Crippen molar-refractivity contribution in [3.8, 4) is 5.69 Å². The molecule has 3 aromatic rings. The maximum atomic E-state index is 12.4. The van der Waals surface area contributed by atoms with E-state index in [0.29, 0.717) is 11.3 Å². The van der Waals surface area contributed by atoms with Crippen LogP contribution < -0.4 is 11.1 Å². The molecule has 24 heavy (non-hydrogen) atoms. The number of carbonyl (C=O) groups is 2. The number of hydrogen-bond acceptors (Lipinski definition) is 3. The highest BCUT2D eigenvalue weighted by molar-refractivity contribution is 6.33. The standard InChI is InChI=1S/C17H13ClN4O2/c18-15-14(10-20-22(15)13-4-2-1-3-5-13)17(24)21-12-8-6-11(7-9-12)16(19)23/h1-10H,(H2,19,23)(H,21,24). The van der Waals surface area contributed by atoms with Crippen molar-refractivity contribution in [3.05, 3.63) is 77.1 Å². The smallest absolute Gasteiger partial charge is 0.260 e. The van der Waals surface area contributed by atoms with Gasteiger partial charge in [0.2, 0.25) is 5.91 Å². The van der Waals surface area contributed by atoms with Gasteiger partial charge in [-0.25, -0.2) is 4.68 Å². The maximum absolute atomic E-state index is 12.4. The summed E-state index contributed by atoms with van der Waals surface area (Å²) < 4.78 is 1.48. The average Bonchev–Trinajstić information content (AvgIpc) is 2.98. The van der Waals surface area contributed by atoms with E-state index in [1.165, 1.54) is 23.0 Å². The summed E-state index contributed by atoms with van der Waals surface area (Å²) in [6, 6.07) is 15.5. The molecule has 1 heterocycles. The zero-order valence-electron chi connectivity index (χ0n) is 12.4. The summed E-state index contributed by atoms with van der Waals surface area (Å²) in [6.45, 7) is 0. The van der Waals surface area contributed by atoms with Gasteiger partial charge in [-0.1, -0.05) is 29.8 Å². The van der Waals surface area contributed by atoms with Crippen molar-refractivity contribution in [3.63, 3.8) is 0 Å². The highest BCUT2D eigenvalue weighted by Crippen LogP contribution is 2.21. The minimum atomic E-state index is -0.528. The minimum absolute atomic E-state index is 0.215. The predicted molar refractivity (Wildman–Crippen MR) is 91.5 cm³/mol. The van der Waals surface area contributed by atoms with Gasteiger partial charge in [-0.2, -0.15) is 5.10 Å². The summed E-state index contributed by atoms with van der Waals surface area (Å²) in [5.41, 5.74) is 7.07. The zero-order valence-corrected chi connectivity index (χ0v) is 13.2. The van der Waals surface area contributed by atoms with E-state index >= 15 is 0 Å². The van der Waals surface area contributed by atoms with E-state index in [4.69, 9.17) is 17.3 Å². The van der Waals surface area contributed by atoms with Gasteiger partial charge in [0.15, 0.2) is 0 Å². The van der Waals surface area contributed by atoms with Gasteiger partial charge in [0.1, 0.15) is 5.15 Å². The van der Waals surface area contributed by atoms with E-state index in [9.17, 15) is 9.59 Å². The first-order valence-electron chi connectivity index (χ1n) is 7.06. The van der Waals surface area contributed by atoms with E-state index in [-0.39, 0.29) is 10.7 Å². The Kier molecular flexibility index (Phi) is 4.31. The molecule has 0 unspecified atom stereocenters. The van der Waals surface area contributed by atoms with Gasteiger partial charge in [0, 0.05) is 11.3 Å². The Hall–Kier alpha value is -3.12. The number of aromatic nitrogens is 2. The number of carbonyl (C=O) groups excluding carboxylic acids is 2. The summed E-state index contributed by atoms with van der Waals surface area (Å²) in [7, 11) is 0. The number of nitrogens with two attached hydrogens (primary N) is 1. The molecule has 6 nitrogen and oxygen atoms in total. The lowest BCUT2D eigenvalue weighted by Crippen LogP contribution is -2.13. The SMILES string of the molecule is NC(=O)c1ccc(NC(=O)c2cnn(-c3ccccc3)c2Cl)cc1. The van der Waals surface area contributed by atoms with Crippen LogP contribution in [0.4, 0.5) is 5.69 Å². The lowest BCUT2D eigenvalue weighted by Gasteiger charge is -2.06. The first-order valence-corrected chi connectivity index (χ1v) is 7.44. The Morgan fingerprint density at radius 3 is 2.33 bits per heavy atom. The third kappa shape index (κ3) is 3.13. The van der Waals surface area contributed by atoms with E-state index in [2.05, 4.69) is 10.4 Å². The predicted octanol–water partition coefficient (Wildman–Crippen LogP) is 2.88. The number of rotatable bonds is 4. The van der Waals surface area contributed by atoms with E-state index in [1.807, 2.05) is 30.3 Å². The minimum Gasteiger partial charge on any atom is -0.366 e. The van der Waals surface area contributed by atoms with Crippen molar-refractivity contribution < 1.29 is 9.59 Å². The third-order valence-electron chi connectivity index (χ3n) is 3.38. The fourth-order valence-corrected chi connectivity index (χ4v) is 2.43. The Morgan fingerprint density at radius 1 is 1.04 bits per heavy atom. The normalized spacial score (nSPS) is 10.4. The van der Waals surface area contributed by atoms with Crippen LogP contribution in [0.15, 0.2) is 60.8 Å². The summed E-state index contributed by atoms with van der Waals surface area (Å²) in [6.07, 6.45) is 1.41. The van der Waals surface area contributed by atoms with Crippen molar-refractivity contribution >= 4 is 29.1 Å². The highest BCUT2D eigenvalue weighted by Gasteiger charge is 2.17. The molecule has 0 atom stereocenters. The number of nitrogens with one attached hydrogen (secondary N) is 1. The second kappa shape index (κ2) is 6.55. The molecule has 0 radical (unpaired) electrons. The van der Waals surface area contributed by atoms with E-state index in [0.717, 1.165) is 5.69 Å². The number of halogens is 1. The van der Waals surface area contributed by atoms with Crippen LogP contribution in [0.25, 0.3) is 5.69 Å². The van der Waals surface area contributed by atoms with Crippen LogP contribution in [0.1, 0.15) is 20.7 Å². The zero-order chi connectivity index (χ0) is 17.1. The summed E-state index contributed by atoms with van der Waals surface area (Å²) in [4.78, 5) is 23.4. The molecule has 0 aliphatic heterocycles. The van der Waals surface area contributed by atoms with Crippen molar-refractivity contribution in [1.29, 1.82) is 0 Å². The van der Waals surface area contributed by atoms with Crippen LogP contribution in [0.3, 0.4) is 0 Å². The first-order chi connectivity index (χ1) is 11.6. The van der Waals surface area contributed by atoms with Gasteiger partial charge in [0.05, 0.1) is 17.4 Å². The first kappa shape index (κ1) is 15.8. The Bertz CT molecular complexity index is 889. The Morgan fingerprint density at radius 2 is 1.71 bits per heavy atom. The summed E-state index contributed by atoms with van der Waals surface area (Å²) in [5, 5.41) is 7.07. The van der Waals surface area contributed by atoms with Gasteiger partial charge < -0.3 is 11.1 Å². The Balaban J connectivity index is 1.81. The molecule has 0 aliphatic carbocycles. The van der Waals surface area contributed by atoms with Crippen molar-refractivity contribution in [2.24, 2.45) is 5.73 Å². The maximum Gasteiger partial charge on any atom is 0.260 e. The van der Waals surface area contributed by atoms with Crippen LogP contribution in [0.5, 0.6) is 0 Å². The number of amides is 2. The number of para-hydroxylation sites is 1. The molecule has 0 spiro atoms. The van der Waals surface area contributed by atoms with Crippen LogP contribution in [0.2, 0.25) is 5.15 Å². The fourth-order valence-electron chi connectivity index (χ4n) is 2.15. The van der Waals surface area contributed by atoms with Gasteiger partial charge in [-0.15, -0.1) is 0 Å². The molecule has 7 heteroatoms. The molecular formula is C17H13ClN4O2. The third-order valence-corrected chi connectivity index (χ3v) is 3.75. The van der Waals surface area contributed by atoms with E-state index in [1.54, 1.807) is 12.1 Å². The van der Waals surface area contributed by atoms with E-state index < -0.39 is 11.8 Å². The molecule has 3 rings (SSSR count). The molecule has 1 aromatic heterocycles. The van der Waals surface area contributed by atoms with Gasteiger partial charge in [0.25, 0.3) is 5.91 Å². The molecule has 0 saturated carbocycles. The second-order valence-electron chi connectivity index (χ2n) is 4.99. The largest absolute Gasteiger partial charge is 0.366 e. The average molecular weight is 341 g/mol. The van der Waals surface area contributed by atoms with Gasteiger partial charge >= 0.3 is 0 Å². The summed E-state index contributed by atoms with van der Waals surface area (Å²) >= 11 is 6.27. The number of primary amides is 1. The number of benzene rings is 2. The lowest BCUT2D eigenvalue weighted by molar-refractivity contribution is 0.0998. The molecule has 3 N–H and O–H groups in total. The lowest BCUT2D eigenvalue weighted by atomic mass is 10.2. The molecule has 2 amide bonds. The van der Waals surface area contributed by atoms with Crippen molar-refractivity contribution in [2.45, 2.75) is 0 Å². The molecule has 2 aromatic carbocycles. The fraction of sp³-hybridized carbons (Fsp3) is 0. The molecule has 0 fully saturated rings. The van der Waals surface area contributed by atoms with Crippen molar-refractivity contribution in [2.75, 3.05) is 5.32 Å². The highest BCUT2D eigenvalue weighted by atomic mass is 35.5. The van der Waals surface area contributed by atoms with Crippen molar-refractivity contribution in [1.82, 2.24) is 9.78 Å². The topological polar surface area (TPSA) is 90.0 Å². The van der Waals surface area contributed by atoms with Gasteiger partial charge in [-0.05, 0) is 36.4 Å². The molecule has 0 bridgehead atoms. The van der Waals surface area contributed by atoms with Crippen LogP contribution >= 0.6 is 11.6 Å². The monoisotopic (exact) mass is 340 g/mol. The number of hydrogen-bond donors (Lipinski definition) is 2. The quantitative estimate of drug-likeness (QED) is 0.765. The van der Waals surface area contributed by atoms with Crippen LogP contribution in [-0.2, 0) is 0 Å². The second-order valence-corrected chi connectivity index (χ2v) is 5.35. The summed E-state index contributed by atoms with van der Waals surface area (Å²) in [5.74, 6) is -0.922.